The van der Waals surface area contributed by atoms with Crippen molar-refractivity contribution in [2.75, 3.05) is 0 Å². The topological polar surface area (TPSA) is 37.3 Å². The van der Waals surface area contributed by atoms with Gasteiger partial charge in [0.15, 0.2) is 0 Å². The summed E-state index contributed by atoms with van der Waals surface area (Å²) in [7, 11) is 0. The molecule has 0 aliphatic heterocycles. The average molecular weight is 284 g/mol. The minimum absolute atomic E-state index is 0.0648. The molecule has 0 aromatic carbocycles. The zero-order chi connectivity index (χ0) is 5.15. The first-order valence-corrected chi connectivity index (χ1v) is 4.22. The molecule has 0 amide bonds. The first kappa shape index (κ1) is 6.35. The van der Waals surface area contributed by atoms with Crippen LogP contribution in [0.3, 0.4) is 0 Å². The third kappa shape index (κ3) is 2.58. The Hall–Kier alpha value is 0.353. The van der Waals surface area contributed by atoms with Gasteiger partial charge in [-0.1, -0.05) is 0 Å². The third-order valence-corrected chi connectivity index (χ3v) is 1.50. The maximum absolute atomic E-state index is 9.74. The molecular formula is C3H7BiO2. The van der Waals surface area contributed by atoms with E-state index in [1.54, 1.807) is 6.92 Å². The molecule has 0 aromatic heterocycles. The van der Waals surface area contributed by atoms with E-state index in [0.29, 0.717) is 24.7 Å². The molecule has 2 nitrogen and oxygen atoms in total. The van der Waals surface area contributed by atoms with Gasteiger partial charge in [-0.15, -0.1) is 0 Å². The predicted octanol–water partition coefficient (Wildman–Crippen LogP) is -0.488. The number of carboxylic acid groups (broad SMARTS) is 1. The Morgan fingerprint density at radius 2 is 2.17 bits per heavy atom. The molecule has 1 atom stereocenters. The van der Waals surface area contributed by atoms with Crippen molar-refractivity contribution in [1.82, 2.24) is 0 Å². The minimum atomic E-state index is -0.667. The number of carbonyl (C=O) groups is 1. The van der Waals surface area contributed by atoms with Crippen molar-refractivity contribution in [1.29, 1.82) is 0 Å². The van der Waals surface area contributed by atoms with Crippen molar-refractivity contribution in [3.05, 3.63) is 0 Å². The van der Waals surface area contributed by atoms with Gasteiger partial charge in [0.1, 0.15) is 0 Å². The number of hydrogen-bond donors (Lipinski definition) is 1. The first-order chi connectivity index (χ1) is 2.64. The Balaban J connectivity index is 3.26. The van der Waals surface area contributed by atoms with Crippen LogP contribution in [0, 0.1) is 0 Å². The average Bonchev–Trinajstić information content (AvgIpc) is 1.36. The van der Waals surface area contributed by atoms with Crippen molar-refractivity contribution >= 4 is 30.7 Å². The molecule has 0 spiro atoms. The molecule has 0 saturated heterocycles. The van der Waals surface area contributed by atoms with Crippen molar-refractivity contribution in [3.8, 4) is 0 Å². The summed E-state index contributed by atoms with van der Waals surface area (Å²) in [5.41, 5.74) is 0. The molecule has 0 bridgehead atoms. The molecule has 0 rings (SSSR count). The Bertz CT molecular complexity index is 59.8. The molecule has 1 unspecified atom stereocenters. The van der Waals surface area contributed by atoms with E-state index in [1.165, 1.54) is 0 Å². The van der Waals surface area contributed by atoms with Crippen LogP contribution in [-0.2, 0) is 4.79 Å². The predicted molar refractivity (Wildman–Crippen MR) is 25.6 cm³/mol. The van der Waals surface area contributed by atoms with Gasteiger partial charge in [0.25, 0.3) is 0 Å². The molecule has 6 heavy (non-hydrogen) atoms. The fraction of sp³-hybridized carbons (Fsp3) is 0.667. The van der Waals surface area contributed by atoms with Crippen LogP contribution in [-0.4, -0.2) is 35.8 Å². The van der Waals surface area contributed by atoms with Crippen LogP contribution in [0.15, 0.2) is 0 Å². The zero-order valence-electron chi connectivity index (χ0n) is 3.51. The van der Waals surface area contributed by atoms with E-state index in [4.69, 9.17) is 5.11 Å². The third-order valence-electron chi connectivity index (χ3n) is 0.390. The van der Waals surface area contributed by atoms with Crippen LogP contribution in [0.4, 0.5) is 0 Å². The number of hydrogen-bond acceptors (Lipinski definition) is 1. The van der Waals surface area contributed by atoms with Crippen LogP contribution in [0.25, 0.3) is 0 Å². The van der Waals surface area contributed by atoms with Crippen molar-refractivity contribution in [2.45, 2.75) is 10.5 Å². The quantitative estimate of drug-likeness (QED) is 0.660. The molecule has 1 N–H and O–H groups in total. The number of rotatable bonds is 1. The van der Waals surface area contributed by atoms with Gasteiger partial charge < -0.3 is 0 Å². The molecule has 0 heterocycles. The molecule has 0 aliphatic carbocycles. The molecule has 36 valence electrons. The maximum atomic E-state index is 9.74. The second-order valence-corrected chi connectivity index (χ2v) is 5.01. The van der Waals surface area contributed by atoms with Gasteiger partial charge in [0.2, 0.25) is 0 Å². The van der Waals surface area contributed by atoms with E-state index in [-0.39, 0.29) is 3.63 Å². The van der Waals surface area contributed by atoms with Crippen LogP contribution < -0.4 is 0 Å². The summed E-state index contributed by atoms with van der Waals surface area (Å²) < 4.78 is -0.0648. The molecular weight excluding hydrogens is 277 g/mol. The summed E-state index contributed by atoms with van der Waals surface area (Å²) in [5.74, 6) is -0.667. The van der Waals surface area contributed by atoms with Gasteiger partial charge in [0, 0.05) is 0 Å². The van der Waals surface area contributed by atoms with Crippen molar-refractivity contribution in [2.24, 2.45) is 0 Å². The Morgan fingerprint density at radius 1 is 2.00 bits per heavy atom. The van der Waals surface area contributed by atoms with E-state index in [2.05, 4.69) is 0 Å². The zero-order valence-corrected chi connectivity index (χ0v) is 8.00. The monoisotopic (exact) mass is 284 g/mol. The molecule has 0 radical (unpaired) electrons. The van der Waals surface area contributed by atoms with Crippen LogP contribution >= 0.6 is 0 Å². The first-order valence-electron chi connectivity index (χ1n) is 1.63. The van der Waals surface area contributed by atoms with Gasteiger partial charge in [-0.2, -0.15) is 0 Å². The summed E-state index contributed by atoms with van der Waals surface area (Å²) >= 11 is 0.576. The Kier molecular flexibility index (Phi) is 2.66. The second kappa shape index (κ2) is 2.51. The summed E-state index contributed by atoms with van der Waals surface area (Å²) in [6.07, 6.45) is 0. The number of carboxylic acids is 1. The van der Waals surface area contributed by atoms with E-state index in [1.807, 2.05) is 0 Å². The van der Waals surface area contributed by atoms with Crippen LogP contribution in [0.2, 0.25) is 3.63 Å². The van der Waals surface area contributed by atoms with Crippen LogP contribution in [0.1, 0.15) is 6.92 Å². The standard InChI is InChI=1S/C3H5O2.Bi.2H/c1-2-3(4)5;;;/h2H,1H3,(H,4,5);;;. The van der Waals surface area contributed by atoms with Gasteiger partial charge in [-0.05, 0) is 0 Å². The Labute approximate surface area is 51.4 Å². The van der Waals surface area contributed by atoms with Gasteiger partial charge in [-0.25, -0.2) is 0 Å². The molecule has 0 aromatic rings. The summed E-state index contributed by atoms with van der Waals surface area (Å²) in [6, 6.07) is 0. The van der Waals surface area contributed by atoms with Crippen molar-refractivity contribution < 1.29 is 9.90 Å². The van der Waals surface area contributed by atoms with Crippen LogP contribution in [0.5, 0.6) is 0 Å². The van der Waals surface area contributed by atoms with Crippen molar-refractivity contribution in [3.63, 3.8) is 0 Å². The fourth-order valence-electron chi connectivity index (χ4n) is 0. The number of aliphatic carboxylic acids is 1. The SMILES string of the molecule is C[CH]([BiH2])C(=O)O. The summed E-state index contributed by atoms with van der Waals surface area (Å²) in [4.78, 5) is 9.74. The van der Waals surface area contributed by atoms with E-state index >= 15 is 0 Å². The molecule has 0 fully saturated rings. The summed E-state index contributed by atoms with van der Waals surface area (Å²) in [5, 5.41) is 8.03. The molecule has 3 heteroatoms. The second-order valence-electron chi connectivity index (χ2n) is 1.13. The molecule has 0 aliphatic rings. The molecule has 0 saturated carbocycles. The Morgan fingerprint density at radius 3 is 2.17 bits per heavy atom. The summed E-state index contributed by atoms with van der Waals surface area (Å²) in [6.45, 7) is 1.72. The van der Waals surface area contributed by atoms with Gasteiger partial charge in [-0.3, -0.25) is 0 Å². The normalized spacial score (nSPS) is 13.7. The van der Waals surface area contributed by atoms with E-state index in [0.717, 1.165) is 0 Å². The van der Waals surface area contributed by atoms with E-state index in [9.17, 15) is 4.79 Å². The fourth-order valence-corrected chi connectivity index (χ4v) is 0. The van der Waals surface area contributed by atoms with Gasteiger partial charge >= 0.3 is 51.1 Å². The van der Waals surface area contributed by atoms with Gasteiger partial charge in [0.05, 0.1) is 0 Å². The van der Waals surface area contributed by atoms with E-state index < -0.39 is 5.97 Å².